The zero-order valence-corrected chi connectivity index (χ0v) is 11.7. The highest BCUT2D eigenvalue weighted by atomic mass is 16.4. The molecule has 3 amide bonds. The Bertz CT molecular complexity index is 387. The molecule has 1 fully saturated rings. The van der Waals surface area contributed by atoms with E-state index in [2.05, 4.69) is 5.32 Å². The van der Waals surface area contributed by atoms with Crippen LogP contribution in [0.5, 0.6) is 0 Å². The van der Waals surface area contributed by atoms with E-state index in [4.69, 9.17) is 5.11 Å². The highest BCUT2D eigenvalue weighted by Crippen LogP contribution is 2.19. The zero-order valence-electron chi connectivity index (χ0n) is 11.7. The smallest absolute Gasteiger partial charge is 0.326 e. The number of nitrogens with one attached hydrogen (secondary N) is 1. The molecule has 8 heteroatoms. The number of amides is 3. The lowest BCUT2D eigenvalue weighted by Crippen LogP contribution is -2.49. The molecular formula is C12H21N3O5. The van der Waals surface area contributed by atoms with Gasteiger partial charge in [-0.3, -0.25) is 4.79 Å². The van der Waals surface area contributed by atoms with Gasteiger partial charge in [0.1, 0.15) is 12.6 Å². The van der Waals surface area contributed by atoms with E-state index in [1.165, 1.54) is 7.05 Å². The van der Waals surface area contributed by atoms with Crippen LogP contribution in [-0.4, -0.2) is 76.7 Å². The third-order valence-corrected chi connectivity index (χ3v) is 3.09. The maximum absolute atomic E-state index is 12.1. The molecule has 1 rings (SSSR count). The van der Waals surface area contributed by atoms with E-state index in [9.17, 15) is 19.5 Å². The second-order valence-corrected chi connectivity index (χ2v) is 4.88. The number of urea groups is 1. The maximum Gasteiger partial charge on any atom is 0.326 e. The van der Waals surface area contributed by atoms with Crippen molar-refractivity contribution in [1.29, 1.82) is 0 Å². The summed E-state index contributed by atoms with van der Waals surface area (Å²) in [5.41, 5.74) is 0. The fourth-order valence-electron chi connectivity index (χ4n) is 2.08. The third-order valence-electron chi connectivity index (χ3n) is 3.09. The fraction of sp³-hybridized carbons (Fsp3) is 0.750. The summed E-state index contributed by atoms with van der Waals surface area (Å²) in [5, 5.41) is 21.2. The predicted octanol–water partition coefficient (Wildman–Crippen LogP) is -0.916. The van der Waals surface area contributed by atoms with E-state index in [0.717, 1.165) is 16.2 Å². The first-order valence-electron chi connectivity index (χ1n) is 6.56. The molecule has 0 aliphatic carbocycles. The quantitative estimate of drug-likeness (QED) is 0.606. The number of aliphatic hydroxyl groups excluding tert-OH is 1. The van der Waals surface area contributed by atoms with Crippen LogP contribution in [0.3, 0.4) is 0 Å². The molecule has 114 valence electrons. The summed E-state index contributed by atoms with van der Waals surface area (Å²) in [7, 11) is 1.43. The van der Waals surface area contributed by atoms with E-state index < -0.39 is 24.1 Å². The van der Waals surface area contributed by atoms with Crippen LogP contribution >= 0.6 is 0 Å². The average molecular weight is 287 g/mol. The minimum Gasteiger partial charge on any atom is -0.480 e. The lowest BCUT2D eigenvalue weighted by molar-refractivity contribution is -0.141. The number of likely N-dealkylation sites (tertiary alicyclic amines) is 1. The number of carboxylic acid groups (broad SMARTS) is 1. The van der Waals surface area contributed by atoms with Crippen LogP contribution in [0.4, 0.5) is 4.79 Å². The summed E-state index contributed by atoms with van der Waals surface area (Å²) < 4.78 is 0. The van der Waals surface area contributed by atoms with E-state index in [1.54, 1.807) is 0 Å². The van der Waals surface area contributed by atoms with Gasteiger partial charge in [0, 0.05) is 26.6 Å². The Kier molecular flexibility index (Phi) is 5.75. The second kappa shape index (κ2) is 7.09. The summed E-state index contributed by atoms with van der Waals surface area (Å²) in [6.45, 7) is 2.27. The number of aliphatic carboxylic acids is 1. The van der Waals surface area contributed by atoms with Crippen molar-refractivity contribution in [3.05, 3.63) is 0 Å². The second-order valence-electron chi connectivity index (χ2n) is 4.88. The Morgan fingerprint density at radius 2 is 2.05 bits per heavy atom. The Morgan fingerprint density at radius 3 is 2.60 bits per heavy atom. The first kappa shape index (κ1) is 16.2. The minimum atomic E-state index is -1.15. The molecule has 0 saturated carbocycles. The molecule has 0 bridgehead atoms. The van der Waals surface area contributed by atoms with Gasteiger partial charge in [-0.05, 0) is 6.42 Å². The third kappa shape index (κ3) is 4.09. The highest BCUT2D eigenvalue weighted by molar-refractivity contribution is 5.87. The number of carboxylic acids is 1. The summed E-state index contributed by atoms with van der Waals surface area (Å²) in [4.78, 5) is 36.9. The van der Waals surface area contributed by atoms with Crippen molar-refractivity contribution >= 4 is 17.9 Å². The molecule has 8 nitrogen and oxygen atoms in total. The van der Waals surface area contributed by atoms with Crippen molar-refractivity contribution in [3.63, 3.8) is 0 Å². The topological polar surface area (TPSA) is 110 Å². The van der Waals surface area contributed by atoms with Crippen molar-refractivity contribution < 1.29 is 24.6 Å². The number of hydrogen-bond acceptors (Lipinski definition) is 4. The van der Waals surface area contributed by atoms with E-state index >= 15 is 0 Å². The van der Waals surface area contributed by atoms with Gasteiger partial charge in [-0.2, -0.15) is 0 Å². The molecule has 0 radical (unpaired) electrons. The molecule has 3 N–H and O–H groups in total. The number of β-amino-alcohol motifs (C(OH)–C–C–N with tert-alkyl or cyclic N) is 1. The number of aliphatic hydroxyl groups is 1. The van der Waals surface area contributed by atoms with Gasteiger partial charge >= 0.3 is 12.0 Å². The summed E-state index contributed by atoms with van der Waals surface area (Å²) >= 11 is 0. The number of rotatable bonds is 5. The van der Waals surface area contributed by atoms with Crippen LogP contribution in [0.2, 0.25) is 0 Å². The van der Waals surface area contributed by atoms with Crippen molar-refractivity contribution in [2.24, 2.45) is 0 Å². The van der Waals surface area contributed by atoms with Gasteiger partial charge in [-0.1, -0.05) is 6.92 Å². The van der Waals surface area contributed by atoms with Crippen molar-refractivity contribution in [2.75, 3.05) is 26.7 Å². The Labute approximate surface area is 117 Å². The minimum absolute atomic E-state index is 0.0109. The molecule has 0 unspecified atom stereocenters. The predicted molar refractivity (Wildman–Crippen MR) is 70.1 cm³/mol. The van der Waals surface area contributed by atoms with Gasteiger partial charge in [-0.15, -0.1) is 0 Å². The number of hydrogen-bond donors (Lipinski definition) is 3. The van der Waals surface area contributed by atoms with Gasteiger partial charge in [0.05, 0.1) is 6.10 Å². The lowest BCUT2D eigenvalue weighted by Gasteiger charge is -2.27. The van der Waals surface area contributed by atoms with Crippen LogP contribution in [0.15, 0.2) is 0 Å². The van der Waals surface area contributed by atoms with Crippen molar-refractivity contribution in [2.45, 2.75) is 31.9 Å². The van der Waals surface area contributed by atoms with Gasteiger partial charge in [0.2, 0.25) is 5.91 Å². The molecule has 0 aromatic heterocycles. The lowest BCUT2D eigenvalue weighted by atomic mass is 10.2. The summed E-state index contributed by atoms with van der Waals surface area (Å²) in [6.07, 6.45) is -0.0397. The monoisotopic (exact) mass is 287 g/mol. The van der Waals surface area contributed by atoms with Gasteiger partial charge in [0.25, 0.3) is 0 Å². The number of carbonyl (C=O) groups is 3. The van der Waals surface area contributed by atoms with Crippen LogP contribution in [0, 0.1) is 0 Å². The number of likely N-dealkylation sites (N-methyl/N-ethyl adjacent to an activating group) is 1. The van der Waals surface area contributed by atoms with Gasteiger partial charge in [0.15, 0.2) is 0 Å². The SMILES string of the molecule is CCCNC(=O)CN(C)C(=O)N1C[C@H](O)C[C@@H]1C(=O)O. The normalized spacial score (nSPS) is 21.6. The molecule has 0 aromatic carbocycles. The Balaban J connectivity index is 2.59. The highest BCUT2D eigenvalue weighted by Gasteiger charge is 2.40. The summed E-state index contributed by atoms with van der Waals surface area (Å²) in [5.74, 6) is -1.45. The van der Waals surface area contributed by atoms with Crippen LogP contribution in [0.1, 0.15) is 19.8 Å². The van der Waals surface area contributed by atoms with Gasteiger partial charge in [-0.25, -0.2) is 9.59 Å². The first-order valence-corrected chi connectivity index (χ1v) is 6.56. The van der Waals surface area contributed by atoms with Crippen molar-refractivity contribution in [1.82, 2.24) is 15.1 Å². The molecule has 20 heavy (non-hydrogen) atoms. The number of carbonyl (C=O) groups excluding carboxylic acids is 2. The maximum atomic E-state index is 12.1. The molecule has 1 heterocycles. The molecular weight excluding hydrogens is 266 g/mol. The van der Waals surface area contributed by atoms with E-state index in [1.807, 2.05) is 6.92 Å². The number of nitrogens with zero attached hydrogens (tertiary/aromatic N) is 2. The molecule has 1 saturated heterocycles. The average Bonchev–Trinajstić information content (AvgIpc) is 2.77. The van der Waals surface area contributed by atoms with E-state index in [0.29, 0.717) is 6.54 Å². The zero-order chi connectivity index (χ0) is 15.3. The van der Waals surface area contributed by atoms with Crippen LogP contribution in [-0.2, 0) is 9.59 Å². The largest absolute Gasteiger partial charge is 0.480 e. The molecule has 1 aliphatic rings. The molecule has 0 aromatic rings. The fourth-order valence-corrected chi connectivity index (χ4v) is 2.08. The Morgan fingerprint density at radius 1 is 1.40 bits per heavy atom. The molecule has 1 aliphatic heterocycles. The van der Waals surface area contributed by atoms with Crippen LogP contribution < -0.4 is 5.32 Å². The summed E-state index contributed by atoms with van der Waals surface area (Å²) in [6, 6.07) is -1.61. The van der Waals surface area contributed by atoms with Crippen LogP contribution in [0.25, 0.3) is 0 Å². The van der Waals surface area contributed by atoms with E-state index in [-0.39, 0.29) is 25.4 Å². The standard InChI is InChI=1S/C12H21N3O5/c1-3-4-13-10(17)7-14(2)12(20)15-6-8(16)5-9(15)11(18)19/h8-9,16H,3-7H2,1-2H3,(H,13,17)(H,18,19)/t8-,9-/m1/s1. The first-order chi connectivity index (χ1) is 9.36. The van der Waals surface area contributed by atoms with Gasteiger partial charge < -0.3 is 25.3 Å². The molecule has 0 spiro atoms. The van der Waals surface area contributed by atoms with Crippen molar-refractivity contribution in [3.8, 4) is 0 Å². The molecule has 2 atom stereocenters. The Hall–Kier alpha value is -1.83.